The van der Waals surface area contributed by atoms with E-state index in [4.69, 9.17) is 14.1 Å². The summed E-state index contributed by atoms with van der Waals surface area (Å²) in [6.45, 7) is 4.00. The molecule has 0 radical (unpaired) electrons. The van der Waals surface area contributed by atoms with Crippen LogP contribution < -0.4 is 0 Å². The van der Waals surface area contributed by atoms with E-state index in [2.05, 4.69) is 4.18 Å². The Kier molecular flexibility index (Phi) is 4.46. The predicted molar refractivity (Wildman–Crippen MR) is 58.3 cm³/mol. The summed E-state index contributed by atoms with van der Waals surface area (Å²) in [5.74, 6) is -0.120. The molecular weight excluding hydrogens is 250 g/mol. The smallest absolute Gasteiger partial charge is 0.332 e. The Bertz CT molecular complexity index is 374. The van der Waals surface area contributed by atoms with Gasteiger partial charge in [0, 0.05) is 6.61 Å². The first-order chi connectivity index (χ1) is 7.35. The van der Waals surface area contributed by atoms with Crippen LogP contribution in [-0.4, -0.2) is 42.0 Å². The zero-order valence-electron chi connectivity index (χ0n) is 9.30. The van der Waals surface area contributed by atoms with E-state index in [-0.39, 0.29) is 12.4 Å². The SMILES string of the molecule is C[Si](C)(OCCC#N)OC1COS(=O)(=O)C1. The Labute approximate surface area is 96.5 Å². The highest BCUT2D eigenvalue weighted by atomic mass is 32.2. The van der Waals surface area contributed by atoms with Crippen molar-refractivity contribution in [2.75, 3.05) is 19.0 Å². The fourth-order valence-corrected chi connectivity index (χ4v) is 4.16. The van der Waals surface area contributed by atoms with Crippen molar-refractivity contribution in [2.45, 2.75) is 25.6 Å². The molecule has 1 unspecified atom stereocenters. The van der Waals surface area contributed by atoms with Gasteiger partial charge in [-0.1, -0.05) is 0 Å². The van der Waals surface area contributed by atoms with Crippen LogP contribution in [0.25, 0.3) is 0 Å². The van der Waals surface area contributed by atoms with Gasteiger partial charge in [0.05, 0.1) is 25.2 Å². The molecule has 0 aromatic heterocycles. The summed E-state index contributed by atoms with van der Waals surface area (Å²) in [5, 5.41) is 8.36. The number of rotatable bonds is 5. The van der Waals surface area contributed by atoms with Crippen LogP contribution in [0.5, 0.6) is 0 Å². The third kappa shape index (κ3) is 4.59. The van der Waals surface area contributed by atoms with Gasteiger partial charge < -0.3 is 8.85 Å². The van der Waals surface area contributed by atoms with Crippen molar-refractivity contribution < 1.29 is 21.5 Å². The lowest BCUT2D eigenvalue weighted by Gasteiger charge is -2.24. The maximum Gasteiger partial charge on any atom is 0.332 e. The second kappa shape index (κ2) is 5.24. The Morgan fingerprint density at radius 2 is 2.25 bits per heavy atom. The molecule has 1 heterocycles. The van der Waals surface area contributed by atoms with E-state index in [0.29, 0.717) is 13.0 Å². The maximum absolute atomic E-state index is 11.0. The molecule has 1 saturated heterocycles. The van der Waals surface area contributed by atoms with Gasteiger partial charge in [-0.25, -0.2) is 0 Å². The summed E-state index contributed by atoms with van der Waals surface area (Å²) in [4.78, 5) is 0. The number of nitrogens with zero attached hydrogens (tertiary/aromatic N) is 1. The second-order valence-electron chi connectivity index (χ2n) is 3.91. The molecule has 1 rings (SSSR count). The van der Waals surface area contributed by atoms with E-state index in [9.17, 15) is 8.42 Å². The number of nitriles is 1. The lowest BCUT2D eigenvalue weighted by molar-refractivity contribution is 0.115. The van der Waals surface area contributed by atoms with Crippen molar-refractivity contribution in [1.29, 1.82) is 5.26 Å². The van der Waals surface area contributed by atoms with Gasteiger partial charge in [-0.05, 0) is 13.1 Å². The monoisotopic (exact) mass is 265 g/mol. The van der Waals surface area contributed by atoms with Gasteiger partial charge in [-0.15, -0.1) is 0 Å². The molecule has 1 aliphatic heterocycles. The molecule has 0 bridgehead atoms. The van der Waals surface area contributed by atoms with E-state index in [1.54, 1.807) is 0 Å². The highest BCUT2D eigenvalue weighted by Crippen LogP contribution is 2.17. The van der Waals surface area contributed by atoms with Gasteiger partial charge in [-0.3, -0.25) is 4.18 Å². The quantitative estimate of drug-likeness (QED) is 0.405. The van der Waals surface area contributed by atoms with E-state index in [1.807, 2.05) is 19.2 Å². The lowest BCUT2D eigenvalue weighted by Crippen LogP contribution is -2.40. The normalized spacial score (nSPS) is 24.2. The molecule has 0 spiro atoms. The fraction of sp³-hybridized carbons (Fsp3) is 0.875. The molecule has 0 amide bonds. The third-order valence-electron chi connectivity index (χ3n) is 1.94. The van der Waals surface area contributed by atoms with E-state index in [0.717, 1.165) is 0 Å². The highest BCUT2D eigenvalue weighted by molar-refractivity contribution is 7.87. The van der Waals surface area contributed by atoms with E-state index < -0.39 is 24.8 Å². The van der Waals surface area contributed by atoms with Crippen molar-refractivity contribution in [3.05, 3.63) is 0 Å². The van der Waals surface area contributed by atoms with E-state index in [1.165, 1.54) is 0 Å². The molecule has 16 heavy (non-hydrogen) atoms. The minimum atomic E-state index is -3.40. The van der Waals surface area contributed by atoms with Crippen LogP contribution in [0.4, 0.5) is 0 Å². The molecule has 92 valence electrons. The second-order valence-corrected chi connectivity index (χ2v) is 8.91. The molecule has 6 nitrogen and oxygen atoms in total. The molecule has 0 N–H and O–H groups in total. The molecule has 0 aromatic carbocycles. The molecule has 1 fully saturated rings. The average molecular weight is 265 g/mol. The Morgan fingerprint density at radius 3 is 2.75 bits per heavy atom. The molecule has 0 aliphatic carbocycles. The Balaban J connectivity index is 2.39. The van der Waals surface area contributed by atoms with Crippen molar-refractivity contribution in [1.82, 2.24) is 0 Å². The van der Waals surface area contributed by atoms with Crippen LogP contribution in [0.15, 0.2) is 0 Å². The van der Waals surface area contributed by atoms with Crippen LogP contribution in [-0.2, 0) is 23.2 Å². The summed E-state index contributed by atoms with van der Waals surface area (Å²) in [6.07, 6.45) is -0.145. The fourth-order valence-electron chi connectivity index (χ4n) is 1.35. The molecular formula is C8H15NO5SSi. The van der Waals surface area contributed by atoms with Crippen molar-refractivity contribution in [2.24, 2.45) is 0 Å². The zero-order valence-corrected chi connectivity index (χ0v) is 11.1. The molecule has 0 saturated carbocycles. The van der Waals surface area contributed by atoms with Gasteiger partial charge in [0.15, 0.2) is 0 Å². The zero-order chi connectivity index (χ0) is 12.2. The predicted octanol–water partition coefficient (Wildman–Crippen LogP) is 0.364. The van der Waals surface area contributed by atoms with Crippen LogP contribution in [0, 0.1) is 11.3 Å². The van der Waals surface area contributed by atoms with Gasteiger partial charge in [-0.2, -0.15) is 13.7 Å². The van der Waals surface area contributed by atoms with Crippen LogP contribution in [0.3, 0.4) is 0 Å². The molecule has 1 atom stereocenters. The minimum Gasteiger partial charge on any atom is -0.393 e. The van der Waals surface area contributed by atoms with Gasteiger partial charge in [0.1, 0.15) is 5.75 Å². The number of hydrogen-bond donors (Lipinski definition) is 0. The van der Waals surface area contributed by atoms with Crippen molar-refractivity contribution in [3.63, 3.8) is 0 Å². The highest BCUT2D eigenvalue weighted by Gasteiger charge is 2.36. The third-order valence-corrected chi connectivity index (χ3v) is 5.01. The summed E-state index contributed by atoms with van der Waals surface area (Å²) in [5.41, 5.74) is 0. The van der Waals surface area contributed by atoms with Crippen molar-refractivity contribution in [3.8, 4) is 6.07 Å². The van der Waals surface area contributed by atoms with Crippen LogP contribution >= 0.6 is 0 Å². The average Bonchev–Trinajstić information content (AvgIpc) is 2.44. The lowest BCUT2D eigenvalue weighted by atomic mass is 10.5. The Morgan fingerprint density at radius 1 is 1.56 bits per heavy atom. The van der Waals surface area contributed by atoms with Crippen molar-refractivity contribution >= 4 is 18.7 Å². The van der Waals surface area contributed by atoms with E-state index >= 15 is 0 Å². The first-order valence-corrected chi connectivity index (χ1v) is 9.30. The van der Waals surface area contributed by atoms with Gasteiger partial charge in [0.25, 0.3) is 10.1 Å². The first-order valence-electron chi connectivity index (χ1n) is 4.90. The topological polar surface area (TPSA) is 85.6 Å². The number of hydrogen-bond acceptors (Lipinski definition) is 6. The standard InChI is InChI=1S/C8H15NO5SSi/c1-16(2,13-5-3-4-9)14-8-6-12-15(10,11)7-8/h8H,3,5-7H2,1-2H3. The summed E-state index contributed by atoms with van der Waals surface area (Å²) in [7, 11) is -5.77. The molecule has 1 aliphatic rings. The Hall–Kier alpha value is -0.463. The molecule has 0 aromatic rings. The van der Waals surface area contributed by atoms with Gasteiger partial charge >= 0.3 is 8.56 Å². The van der Waals surface area contributed by atoms with Crippen LogP contribution in [0.2, 0.25) is 13.1 Å². The summed E-state index contributed by atoms with van der Waals surface area (Å²) < 4.78 is 37.6. The minimum absolute atomic E-state index is 0.0559. The van der Waals surface area contributed by atoms with Crippen LogP contribution in [0.1, 0.15) is 6.42 Å². The van der Waals surface area contributed by atoms with Gasteiger partial charge in [0.2, 0.25) is 0 Å². The summed E-state index contributed by atoms with van der Waals surface area (Å²) >= 11 is 0. The summed E-state index contributed by atoms with van der Waals surface area (Å²) in [6, 6.07) is 1.97. The largest absolute Gasteiger partial charge is 0.393 e. The first kappa shape index (κ1) is 13.6. The molecule has 8 heteroatoms. The maximum atomic E-state index is 11.0.